The first-order chi connectivity index (χ1) is 8.11. The van der Waals surface area contributed by atoms with Crippen LogP contribution in [0.4, 0.5) is 28.9 Å². The molecule has 0 fully saturated rings. The summed E-state index contributed by atoms with van der Waals surface area (Å²) in [5, 5.41) is 0. The number of nitrogen functional groups attached to an aromatic ring is 1. The lowest BCUT2D eigenvalue weighted by Crippen LogP contribution is -2.39. The lowest BCUT2D eigenvalue weighted by molar-refractivity contribution is -0.120. The van der Waals surface area contributed by atoms with E-state index in [9.17, 15) is 17.6 Å². The number of hydrogen-bond acceptors (Lipinski definition) is 2. The first-order valence-corrected chi connectivity index (χ1v) is 5.51. The van der Waals surface area contributed by atoms with Crippen molar-refractivity contribution in [3.8, 4) is 0 Å². The molecule has 1 aromatic carbocycles. The first kappa shape index (κ1) is 14.6. The summed E-state index contributed by atoms with van der Waals surface area (Å²) in [5.74, 6) is -0.521. The van der Waals surface area contributed by atoms with Gasteiger partial charge < -0.3 is 10.6 Å². The van der Waals surface area contributed by atoms with E-state index < -0.39 is 24.6 Å². The fourth-order valence-electron chi connectivity index (χ4n) is 1.67. The Balaban J connectivity index is 3.18. The van der Waals surface area contributed by atoms with Crippen LogP contribution in [0.2, 0.25) is 0 Å². The van der Waals surface area contributed by atoms with Crippen molar-refractivity contribution in [2.45, 2.75) is 33.0 Å². The van der Waals surface area contributed by atoms with Gasteiger partial charge in [-0.3, -0.25) is 0 Å². The number of alkyl halides is 3. The molecule has 0 bridgehead atoms. The zero-order valence-corrected chi connectivity index (χ0v) is 10.5. The van der Waals surface area contributed by atoms with E-state index in [2.05, 4.69) is 0 Å². The highest BCUT2D eigenvalue weighted by Gasteiger charge is 2.32. The molecular weight excluding hydrogens is 248 g/mol. The van der Waals surface area contributed by atoms with Gasteiger partial charge in [0.05, 0.1) is 11.4 Å². The van der Waals surface area contributed by atoms with Crippen LogP contribution in [-0.4, -0.2) is 18.8 Å². The Morgan fingerprint density at radius 3 is 2.28 bits per heavy atom. The van der Waals surface area contributed by atoms with Crippen molar-refractivity contribution in [2.24, 2.45) is 0 Å². The molecule has 0 aliphatic carbocycles. The second-order valence-corrected chi connectivity index (χ2v) is 4.50. The van der Waals surface area contributed by atoms with Crippen LogP contribution in [0.15, 0.2) is 12.1 Å². The minimum absolute atomic E-state index is 0.0102. The Hall–Kier alpha value is -1.46. The molecule has 0 saturated carbocycles. The Labute approximate surface area is 103 Å². The number of nitrogens with two attached hydrogens (primary N) is 1. The van der Waals surface area contributed by atoms with E-state index in [0.29, 0.717) is 0 Å². The summed E-state index contributed by atoms with van der Waals surface area (Å²) < 4.78 is 50.8. The lowest BCUT2D eigenvalue weighted by Gasteiger charge is -2.31. The van der Waals surface area contributed by atoms with E-state index in [1.54, 1.807) is 13.8 Å². The van der Waals surface area contributed by atoms with Crippen LogP contribution in [0.5, 0.6) is 0 Å². The topological polar surface area (TPSA) is 29.3 Å². The predicted octanol–water partition coefficient (Wildman–Crippen LogP) is 3.49. The van der Waals surface area contributed by atoms with Crippen molar-refractivity contribution in [1.29, 1.82) is 0 Å². The average Bonchev–Trinajstić information content (AvgIpc) is 2.19. The van der Waals surface area contributed by atoms with Gasteiger partial charge in [-0.15, -0.1) is 0 Å². The second kappa shape index (κ2) is 5.04. The molecule has 0 aliphatic rings. The van der Waals surface area contributed by atoms with Crippen molar-refractivity contribution in [2.75, 3.05) is 17.2 Å². The number of anilines is 2. The number of hydrogen-bond donors (Lipinski definition) is 1. The Bertz CT molecular complexity index is 427. The molecule has 0 unspecified atom stereocenters. The molecule has 0 aliphatic heterocycles. The third kappa shape index (κ3) is 3.51. The largest absolute Gasteiger partial charge is 0.405 e. The maximum Gasteiger partial charge on any atom is 0.405 e. The Morgan fingerprint density at radius 1 is 1.28 bits per heavy atom. The van der Waals surface area contributed by atoms with Crippen LogP contribution in [0.3, 0.4) is 0 Å². The van der Waals surface area contributed by atoms with Crippen LogP contribution in [-0.2, 0) is 0 Å². The van der Waals surface area contributed by atoms with Gasteiger partial charge in [-0.2, -0.15) is 13.2 Å². The zero-order valence-electron chi connectivity index (χ0n) is 10.5. The lowest BCUT2D eigenvalue weighted by atomic mass is 10.1. The summed E-state index contributed by atoms with van der Waals surface area (Å²) in [6, 6.07) is 2.01. The highest BCUT2D eigenvalue weighted by atomic mass is 19.4. The van der Waals surface area contributed by atoms with Gasteiger partial charge in [0.25, 0.3) is 0 Å². The van der Waals surface area contributed by atoms with E-state index in [1.165, 1.54) is 13.0 Å². The first-order valence-electron chi connectivity index (χ1n) is 5.51. The molecule has 0 atom stereocenters. The van der Waals surface area contributed by atoms with Crippen LogP contribution in [0.1, 0.15) is 19.4 Å². The summed E-state index contributed by atoms with van der Waals surface area (Å²) in [6.07, 6.45) is -4.33. The summed E-state index contributed by atoms with van der Waals surface area (Å²) in [4.78, 5) is 1.11. The summed E-state index contributed by atoms with van der Waals surface area (Å²) in [6.45, 7) is 3.64. The number of nitrogens with zero attached hydrogens (tertiary/aromatic N) is 1. The quantitative estimate of drug-likeness (QED) is 0.669. The molecule has 0 heterocycles. The fraction of sp³-hybridized carbons (Fsp3) is 0.500. The number of halogens is 4. The highest BCUT2D eigenvalue weighted by molar-refractivity contribution is 5.69. The molecular formula is C12H16F4N2. The SMILES string of the molecule is Cc1cc(N(CC(F)(F)F)C(C)C)c(N)cc1F. The van der Waals surface area contributed by atoms with Gasteiger partial charge in [0, 0.05) is 6.04 Å². The summed E-state index contributed by atoms with van der Waals surface area (Å²) >= 11 is 0. The van der Waals surface area contributed by atoms with Crippen LogP contribution in [0, 0.1) is 12.7 Å². The maximum atomic E-state index is 13.2. The van der Waals surface area contributed by atoms with Crippen molar-refractivity contribution < 1.29 is 17.6 Å². The molecule has 1 aromatic rings. The molecule has 2 N–H and O–H groups in total. The van der Waals surface area contributed by atoms with Crippen LogP contribution >= 0.6 is 0 Å². The molecule has 0 spiro atoms. The third-order valence-corrected chi connectivity index (χ3v) is 2.59. The van der Waals surface area contributed by atoms with E-state index in [-0.39, 0.29) is 16.9 Å². The average molecular weight is 264 g/mol. The number of rotatable bonds is 3. The fourth-order valence-corrected chi connectivity index (χ4v) is 1.67. The minimum Gasteiger partial charge on any atom is -0.397 e. The van der Waals surface area contributed by atoms with Crippen LogP contribution in [0.25, 0.3) is 0 Å². The smallest absolute Gasteiger partial charge is 0.397 e. The number of aryl methyl sites for hydroxylation is 1. The molecule has 6 heteroatoms. The van der Waals surface area contributed by atoms with E-state index in [0.717, 1.165) is 11.0 Å². The maximum absolute atomic E-state index is 13.2. The monoisotopic (exact) mass is 264 g/mol. The van der Waals surface area contributed by atoms with E-state index in [1.807, 2.05) is 0 Å². The van der Waals surface area contributed by atoms with Crippen molar-refractivity contribution in [3.05, 3.63) is 23.5 Å². The Morgan fingerprint density at radius 2 is 1.83 bits per heavy atom. The molecule has 2 nitrogen and oxygen atoms in total. The van der Waals surface area contributed by atoms with Gasteiger partial charge in [0.15, 0.2) is 0 Å². The molecule has 18 heavy (non-hydrogen) atoms. The summed E-state index contributed by atoms with van der Waals surface area (Å²) in [5.41, 5.74) is 6.09. The van der Waals surface area contributed by atoms with Crippen molar-refractivity contribution in [3.63, 3.8) is 0 Å². The standard InChI is InChI=1S/C12H16F4N2/c1-7(2)18(6-12(14,15)16)11-4-8(3)9(13)5-10(11)17/h4-5,7H,6,17H2,1-3H3. The number of benzene rings is 1. The van der Waals surface area contributed by atoms with Gasteiger partial charge in [-0.25, -0.2) is 4.39 Å². The van der Waals surface area contributed by atoms with Crippen molar-refractivity contribution in [1.82, 2.24) is 0 Å². The van der Waals surface area contributed by atoms with Gasteiger partial charge >= 0.3 is 6.18 Å². The third-order valence-electron chi connectivity index (χ3n) is 2.59. The Kier molecular flexibility index (Phi) is 4.09. The van der Waals surface area contributed by atoms with Gasteiger partial charge in [-0.05, 0) is 38.5 Å². The molecule has 1 rings (SSSR count). The molecule has 0 saturated heterocycles. The molecule has 102 valence electrons. The van der Waals surface area contributed by atoms with Gasteiger partial charge in [-0.1, -0.05) is 0 Å². The van der Waals surface area contributed by atoms with E-state index in [4.69, 9.17) is 5.73 Å². The zero-order chi connectivity index (χ0) is 14.1. The molecule has 0 amide bonds. The normalized spacial score (nSPS) is 12.0. The van der Waals surface area contributed by atoms with Crippen molar-refractivity contribution >= 4 is 11.4 Å². The van der Waals surface area contributed by atoms with Crippen LogP contribution < -0.4 is 10.6 Å². The van der Waals surface area contributed by atoms with Gasteiger partial charge in [0.2, 0.25) is 0 Å². The minimum atomic E-state index is -4.33. The molecule has 0 radical (unpaired) electrons. The molecule has 0 aromatic heterocycles. The van der Waals surface area contributed by atoms with Gasteiger partial charge in [0.1, 0.15) is 12.4 Å². The second-order valence-electron chi connectivity index (χ2n) is 4.50. The highest BCUT2D eigenvalue weighted by Crippen LogP contribution is 2.30. The van der Waals surface area contributed by atoms with E-state index >= 15 is 0 Å². The predicted molar refractivity (Wildman–Crippen MR) is 64.1 cm³/mol. The summed E-state index contributed by atoms with van der Waals surface area (Å²) in [7, 11) is 0.